The van der Waals surface area contributed by atoms with Gasteiger partial charge >= 0.3 is 0 Å². The smallest absolute Gasteiger partial charge is 0.150 e. The highest BCUT2D eigenvalue weighted by Crippen LogP contribution is 2.49. The largest absolute Gasteiger partial charge is 0.366 e. The van der Waals surface area contributed by atoms with Crippen LogP contribution in [0.1, 0.15) is 34.3 Å². The number of benzene rings is 2. The predicted molar refractivity (Wildman–Crippen MR) is 74.0 cm³/mol. The average molecular weight is 252 g/mol. The van der Waals surface area contributed by atoms with Crippen LogP contribution in [0.4, 0.5) is 0 Å². The number of hydrogen-bond acceptors (Lipinski definition) is 2. The highest BCUT2D eigenvalue weighted by atomic mass is 16.5. The highest BCUT2D eigenvalue weighted by Gasteiger charge is 2.45. The van der Waals surface area contributed by atoms with E-state index < -0.39 is 0 Å². The first-order chi connectivity index (χ1) is 9.32. The van der Waals surface area contributed by atoms with E-state index in [1.165, 1.54) is 11.1 Å². The second-order valence-electron chi connectivity index (χ2n) is 5.01. The molecule has 2 heteroatoms. The molecule has 1 saturated carbocycles. The van der Waals surface area contributed by atoms with Crippen molar-refractivity contribution in [3.63, 3.8) is 0 Å². The molecule has 0 heterocycles. The Bertz CT molecular complexity index is 554. The van der Waals surface area contributed by atoms with Gasteiger partial charge in [-0.15, -0.1) is 0 Å². The van der Waals surface area contributed by atoms with Crippen molar-refractivity contribution >= 4 is 6.29 Å². The average Bonchev–Trinajstić information content (AvgIpc) is 3.28. The van der Waals surface area contributed by atoms with Gasteiger partial charge < -0.3 is 4.74 Å². The SMILES string of the molecule is O=Cc1ccc(C2(OCc3ccccc3)CC2)cc1. The van der Waals surface area contributed by atoms with Gasteiger partial charge in [0.15, 0.2) is 0 Å². The molecule has 0 aromatic heterocycles. The maximum absolute atomic E-state index is 10.7. The molecule has 2 aromatic carbocycles. The van der Waals surface area contributed by atoms with Gasteiger partial charge in [0.25, 0.3) is 0 Å². The molecule has 1 aliphatic rings. The summed E-state index contributed by atoms with van der Waals surface area (Å²) in [7, 11) is 0. The molecular weight excluding hydrogens is 236 g/mol. The predicted octanol–water partition coefficient (Wildman–Crippen LogP) is 3.71. The maximum Gasteiger partial charge on any atom is 0.150 e. The third-order valence-corrected chi connectivity index (χ3v) is 3.63. The number of carbonyl (C=O) groups excluding carboxylic acids is 1. The first-order valence-corrected chi connectivity index (χ1v) is 6.56. The summed E-state index contributed by atoms with van der Waals surface area (Å²) in [5.41, 5.74) is 2.95. The lowest BCUT2D eigenvalue weighted by atomic mass is 10.1. The fourth-order valence-electron chi connectivity index (χ4n) is 2.29. The summed E-state index contributed by atoms with van der Waals surface area (Å²) in [4.78, 5) is 10.7. The zero-order valence-corrected chi connectivity index (χ0v) is 10.7. The Balaban J connectivity index is 1.71. The minimum Gasteiger partial charge on any atom is -0.366 e. The molecule has 0 saturated heterocycles. The molecule has 3 rings (SSSR count). The van der Waals surface area contributed by atoms with E-state index in [1.807, 2.05) is 42.5 Å². The van der Waals surface area contributed by atoms with Crippen LogP contribution in [-0.2, 0) is 16.9 Å². The van der Waals surface area contributed by atoms with Crippen LogP contribution in [0.3, 0.4) is 0 Å². The van der Waals surface area contributed by atoms with Gasteiger partial charge in [0.2, 0.25) is 0 Å². The van der Waals surface area contributed by atoms with E-state index in [0.29, 0.717) is 12.2 Å². The second-order valence-corrected chi connectivity index (χ2v) is 5.01. The van der Waals surface area contributed by atoms with Crippen LogP contribution in [0, 0.1) is 0 Å². The monoisotopic (exact) mass is 252 g/mol. The number of aldehydes is 1. The molecule has 0 unspecified atom stereocenters. The zero-order valence-electron chi connectivity index (χ0n) is 10.7. The van der Waals surface area contributed by atoms with Crippen LogP contribution in [0.2, 0.25) is 0 Å². The topological polar surface area (TPSA) is 26.3 Å². The van der Waals surface area contributed by atoms with E-state index in [1.54, 1.807) is 0 Å². The summed E-state index contributed by atoms with van der Waals surface area (Å²) in [6, 6.07) is 17.9. The Morgan fingerprint density at radius 2 is 1.68 bits per heavy atom. The van der Waals surface area contributed by atoms with E-state index in [4.69, 9.17) is 4.74 Å². The van der Waals surface area contributed by atoms with Crippen LogP contribution in [-0.4, -0.2) is 6.29 Å². The van der Waals surface area contributed by atoms with Crippen LogP contribution in [0.25, 0.3) is 0 Å². The maximum atomic E-state index is 10.7. The van der Waals surface area contributed by atoms with Crippen molar-refractivity contribution in [3.05, 3.63) is 71.3 Å². The van der Waals surface area contributed by atoms with Crippen molar-refractivity contribution < 1.29 is 9.53 Å². The van der Waals surface area contributed by atoms with Crippen molar-refractivity contribution in [3.8, 4) is 0 Å². The summed E-state index contributed by atoms with van der Waals surface area (Å²) in [5.74, 6) is 0. The van der Waals surface area contributed by atoms with Gasteiger partial charge in [0, 0.05) is 5.56 Å². The number of ether oxygens (including phenoxy) is 1. The Hall–Kier alpha value is -1.93. The van der Waals surface area contributed by atoms with Crippen molar-refractivity contribution in [2.75, 3.05) is 0 Å². The number of hydrogen-bond donors (Lipinski definition) is 0. The second kappa shape index (κ2) is 4.98. The number of rotatable bonds is 5. The van der Waals surface area contributed by atoms with Gasteiger partial charge in [-0.2, -0.15) is 0 Å². The van der Waals surface area contributed by atoms with Crippen molar-refractivity contribution in [2.24, 2.45) is 0 Å². The van der Waals surface area contributed by atoms with Gasteiger partial charge in [-0.05, 0) is 24.0 Å². The quantitative estimate of drug-likeness (QED) is 0.758. The molecule has 1 aliphatic carbocycles. The van der Waals surface area contributed by atoms with Crippen LogP contribution in [0.15, 0.2) is 54.6 Å². The highest BCUT2D eigenvalue weighted by molar-refractivity contribution is 5.74. The fraction of sp³-hybridized carbons (Fsp3) is 0.235. The van der Waals surface area contributed by atoms with E-state index >= 15 is 0 Å². The Morgan fingerprint density at radius 1 is 1.00 bits per heavy atom. The molecule has 0 bridgehead atoms. The summed E-state index contributed by atoms with van der Waals surface area (Å²) in [6.45, 7) is 0.635. The lowest BCUT2D eigenvalue weighted by Crippen LogP contribution is -2.11. The molecule has 0 N–H and O–H groups in total. The van der Waals surface area contributed by atoms with Crippen molar-refractivity contribution in [2.45, 2.75) is 25.0 Å². The summed E-state index contributed by atoms with van der Waals surface area (Å²) >= 11 is 0. The van der Waals surface area contributed by atoms with Crippen molar-refractivity contribution in [1.29, 1.82) is 0 Å². The van der Waals surface area contributed by atoms with E-state index in [-0.39, 0.29) is 5.60 Å². The van der Waals surface area contributed by atoms with Gasteiger partial charge in [0.05, 0.1) is 12.2 Å². The normalized spacial score (nSPS) is 16.0. The Morgan fingerprint density at radius 3 is 2.26 bits per heavy atom. The van der Waals surface area contributed by atoms with Crippen LogP contribution >= 0.6 is 0 Å². The first kappa shape index (κ1) is 12.1. The van der Waals surface area contributed by atoms with E-state index in [0.717, 1.165) is 19.1 Å². The summed E-state index contributed by atoms with van der Waals surface area (Å²) < 4.78 is 6.10. The number of carbonyl (C=O) groups is 1. The van der Waals surface area contributed by atoms with Gasteiger partial charge in [-0.3, -0.25) is 4.79 Å². The zero-order chi connectivity index (χ0) is 13.1. The van der Waals surface area contributed by atoms with Crippen LogP contribution in [0.5, 0.6) is 0 Å². The van der Waals surface area contributed by atoms with Gasteiger partial charge in [-0.25, -0.2) is 0 Å². The Kier molecular flexibility index (Phi) is 3.18. The minimum absolute atomic E-state index is 0.128. The first-order valence-electron chi connectivity index (χ1n) is 6.56. The third-order valence-electron chi connectivity index (χ3n) is 3.63. The molecule has 0 aliphatic heterocycles. The molecule has 0 spiro atoms. The molecular formula is C17H16O2. The lowest BCUT2D eigenvalue weighted by Gasteiger charge is -2.17. The third kappa shape index (κ3) is 2.59. The molecule has 19 heavy (non-hydrogen) atoms. The minimum atomic E-state index is -0.128. The molecule has 2 nitrogen and oxygen atoms in total. The standard InChI is InChI=1S/C17H16O2/c18-12-14-6-8-16(9-7-14)17(10-11-17)19-13-15-4-2-1-3-5-15/h1-9,12H,10-11,13H2. The molecule has 0 atom stereocenters. The van der Waals surface area contributed by atoms with Gasteiger partial charge in [0.1, 0.15) is 6.29 Å². The summed E-state index contributed by atoms with van der Waals surface area (Å²) in [6.07, 6.45) is 2.98. The van der Waals surface area contributed by atoms with E-state index in [2.05, 4.69) is 12.1 Å². The lowest BCUT2D eigenvalue weighted by molar-refractivity contribution is 0.0172. The van der Waals surface area contributed by atoms with E-state index in [9.17, 15) is 4.79 Å². The molecule has 1 fully saturated rings. The molecule has 0 amide bonds. The van der Waals surface area contributed by atoms with Gasteiger partial charge in [-0.1, -0.05) is 54.6 Å². The molecule has 96 valence electrons. The fourth-order valence-corrected chi connectivity index (χ4v) is 2.29. The molecule has 2 aromatic rings. The van der Waals surface area contributed by atoms with Crippen LogP contribution < -0.4 is 0 Å². The summed E-state index contributed by atoms with van der Waals surface area (Å²) in [5, 5.41) is 0. The van der Waals surface area contributed by atoms with Crippen molar-refractivity contribution in [1.82, 2.24) is 0 Å². The molecule has 0 radical (unpaired) electrons. The Labute approximate surface area is 113 Å².